The minimum Gasteiger partial charge on any atom is -0.493 e. The average Bonchev–Trinajstić information content (AvgIpc) is 3.25. The van der Waals surface area contributed by atoms with Crippen molar-refractivity contribution >= 4 is 17.5 Å². The van der Waals surface area contributed by atoms with Gasteiger partial charge in [0.2, 0.25) is 23.0 Å². The van der Waals surface area contributed by atoms with E-state index in [9.17, 15) is 14.4 Å². The molecule has 2 amide bonds. The highest BCUT2D eigenvalue weighted by Gasteiger charge is 2.30. The van der Waals surface area contributed by atoms with Gasteiger partial charge in [-0.05, 0) is 65.8 Å². The normalized spacial score (nSPS) is 15.1. The summed E-state index contributed by atoms with van der Waals surface area (Å²) in [6, 6.07) is 11.4. The monoisotopic (exact) mass is 588 g/mol. The van der Waals surface area contributed by atoms with E-state index >= 15 is 0 Å². The molecule has 1 heterocycles. The molecule has 1 aliphatic rings. The van der Waals surface area contributed by atoms with Gasteiger partial charge in [0.05, 0.1) is 45.3 Å². The lowest BCUT2D eigenvalue weighted by Gasteiger charge is -2.24. The van der Waals surface area contributed by atoms with Crippen molar-refractivity contribution in [3.63, 3.8) is 0 Å². The van der Waals surface area contributed by atoms with E-state index in [1.54, 1.807) is 39.7 Å². The highest BCUT2D eigenvalue weighted by Crippen LogP contribution is 2.50. The van der Waals surface area contributed by atoms with Crippen molar-refractivity contribution in [1.29, 1.82) is 0 Å². The summed E-state index contributed by atoms with van der Waals surface area (Å²) in [4.78, 5) is 43.7. The summed E-state index contributed by atoms with van der Waals surface area (Å²) in [5.74, 6) is 0.923. The Morgan fingerprint density at radius 3 is 2.44 bits per heavy atom. The van der Waals surface area contributed by atoms with Crippen molar-refractivity contribution in [2.75, 3.05) is 26.6 Å². The van der Waals surface area contributed by atoms with E-state index in [0.29, 0.717) is 41.2 Å². The maximum absolute atomic E-state index is 13.8. The van der Waals surface area contributed by atoms with Crippen LogP contribution in [-0.2, 0) is 22.6 Å². The van der Waals surface area contributed by atoms with Crippen LogP contribution in [0.5, 0.6) is 17.2 Å². The van der Waals surface area contributed by atoms with Gasteiger partial charge in [-0.1, -0.05) is 32.4 Å². The van der Waals surface area contributed by atoms with Crippen molar-refractivity contribution in [1.82, 2.24) is 15.6 Å². The largest absolute Gasteiger partial charge is 0.493 e. The number of nitrogens with one attached hydrogen (secondary N) is 3. The number of methoxy groups -OCH3 is 3. The second kappa shape index (κ2) is 14.0. The Labute approximate surface area is 252 Å². The molecule has 1 aromatic heterocycles. The summed E-state index contributed by atoms with van der Waals surface area (Å²) in [5, 5.41) is 9.20. The van der Waals surface area contributed by atoms with Crippen LogP contribution >= 0.6 is 0 Å². The molecule has 0 aliphatic heterocycles. The summed E-state index contributed by atoms with van der Waals surface area (Å²) in [6.45, 7) is 5.70. The molecule has 0 saturated heterocycles. The van der Waals surface area contributed by atoms with Crippen LogP contribution < -0.4 is 35.6 Å². The third-order valence-electron chi connectivity index (χ3n) is 7.89. The number of ether oxygens (including phenoxy) is 3. The molecule has 0 spiro atoms. The van der Waals surface area contributed by atoms with E-state index in [1.807, 2.05) is 44.2 Å². The SMILES string of the molecule is CC[C@@H](C)[C@H](Nc1ccc2c(cc1=O)[C@@H](NC(C)=O)CCc1cc(OC)c(OC)c(OC)c1-2)C(=O)NCc1ccccn1. The summed E-state index contributed by atoms with van der Waals surface area (Å²) >= 11 is 0. The lowest BCUT2D eigenvalue weighted by atomic mass is 9.95. The molecule has 10 nitrogen and oxygen atoms in total. The second-order valence-corrected chi connectivity index (χ2v) is 10.6. The number of anilines is 1. The molecular weight excluding hydrogens is 548 g/mol. The quantitative estimate of drug-likeness (QED) is 0.301. The van der Waals surface area contributed by atoms with E-state index in [1.165, 1.54) is 6.92 Å². The highest BCUT2D eigenvalue weighted by atomic mass is 16.5. The van der Waals surface area contributed by atoms with Crippen LogP contribution in [0, 0.1) is 5.92 Å². The zero-order valence-corrected chi connectivity index (χ0v) is 25.6. The van der Waals surface area contributed by atoms with Crippen LogP contribution in [0.3, 0.4) is 0 Å². The number of carbonyl (C=O) groups is 2. The van der Waals surface area contributed by atoms with E-state index in [-0.39, 0.29) is 35.4 Å². The standard InChI is InChI=1S/C33H40N4O6/c1-7-19(2)30(33(40)35-18-22-10-8-9-15-34-22)37-26-14-12-23-24(17-27(26)39)25(36-20(3)38)13-11-21-16-28(41-4)31(42-5)32(43-6)29(21)23/h8-10,12,14-17,19,25,30H,7,11,13,18H2,1-6H3,(H,35,40)(H,36,38)(H,37,39)/t19-,25+,30+/m1/s1. The summed E-state index contributed by atoms with van der Waals surface area (Å²) in [7, 11) is 4.67. The Morgan fingerprint density at radius 1 is 1.05 bits per heavy atom. The molecule has 1 aliphatic carbocycles. The van der Waals surface area contributed by atoms with Gasteiger partial charge in [-0.15, -0.1) is 0 Å². The van der Waals surface area contributed by atoms with Crippen LogP contribution in [0.15, 0.2) is 53.5 Å². The fourth-order valence-electron chi connectivity index (χ4n) is 5.49. The molecule has 0 bridgehead atoms. The first-order valence-corrected chi connectivity index (χ1v) is 14.4. The van der Waals surface area contributed by atoms with Gasteiger partial charge in [0.25, 0.3) is 0 Å². The number of hydrogen-bond donors (Lipinski definition) is 3. The van der Waals surface area contributed by atoms with E-state index in [0.717, 1.165) is 23.2 Å². The Kier molecular flexibility index (Phi) is 10.2. The first-order valence-electron chi connectivity index (χ1n) is 14.4. The number of hydrogen-bond acceptors (Lipinski definition) is 8. The molecule has 10 heteroatoms. The molecule has 2 aromatic carbocycles. The van der Waals surface area contributed by atoms with Gasteiger partial charge in [0.1, 0.15) is 6.04 Å². The number of carbonyl (C=O) groups excluding carboxylic acids is 2. The molecule has 0 unspecified atom stereocenters. The summed E-state index contributed by atoms with van der Waals surface area (Å²) < 4.78 is 17.1. The number of aryl methyl sites for hydroxylation is 1. The molecule has 0 radical (unpaired) electrons. The van der Waals surface area contributed by atoms with Crippen molar-refractivity contribution in [2.45, 2.75) is 58.7 Å². The predicted molar refractivity (Wildman–Crippen MR) is 166 cm³/mol. The number of aromatic nitrogens is 1. The molecule has 0 fully saturated rings. The number of amides is 2. The molecule has 0 saturated carbocycles. The van der Waals surface area contributed by atoms with Crippen molar-refractivity contribution in [3.05, 3.63) is 75.7 Å². The topological polar surface area (TPSA) is 128 Å². The number of fused-ring (bicyclic) bond motifs is 3. The van der Waals surface area contributed by atoms with Crippen LogP contribution in [0.25, 0.3) is 11.1 Å². The molecule has 3 aromatic rings. The Morgan fingerprint density at radius 2 is 1.81 bits per heavy atom. The van der Waals surface area contributed by atoms with E-state index in [4.69, 9.17) is 14.2 Å². The molecule has 3 N–H and O–H groups in total. The van der Waals surface area contributed by atoms with Crippen LogP contribution in [0.4, 0.5) is 5.69 Å². The van der Waals surface area contributed by atoms with Gasteiger partial charge in [0, 0.05) is 18.7 Å². The first-order chi connectivity index (χ1) is 20.7. The van der Waals surface area contributed by atoms with Gasteiger partial charge < -0.3 is 30.2 Å². The van der Waals surface area contributed by atoms with Crippen molar-refractivity contribution in [2.24, 2.45) is 5.92 Å². The number of pyridine rings is 1. The van der Waals surface area contributed by atoms with Crippen molar-refractivity contribution < 1.29 is 23.8 Å². The van der Waals surface area contributed by atoms with Gasteiger partial charge in [-0.2, -0.15) is 0 Å². The second-order valence-electron chi connectivity index (χ2n) is 10.6. The molecule has 228 valence electrons. The van der Waals surface area contributed by atoms with Crippen LogP contribution in [0.1, 0.15) is 56.5 Å². The van der Waals surface area contributed by atoms with Gasteiger partial charge in [-0.25, -0.2) is 0 Å². The van der Waals surface area contributed by atoms with Crippen molar-refractivity contribution in [3.8, 4) is 28.4 Å². The van der Waals surface area contributed by atoms with Gasteiger partial charge in [-0.3, -0.25) is 19.4 Å². The zero-order chi connectivity index (χ0) is 31.1. The Balaban J connectivity index is 1.82. The maximum atomic E-state index is 13.8. The van der Waals surface area contributed by atoms with Gasteiger partial charge in [0.15, 0.2) is 11.5 Å². The van der Waals surface area contributed by atoms with Crippen LogP contribution in [-0.4, -0.2) is 44.2 Å². The van der Waals surface area contributed by atoms with E-state index in [2.05, 4.69) is 20.9 Å². The number of nitrogens with zero attached hydrogens (tertiary/aromatic N) is 1. The Bertz CT molecular complexity index is 1530. The fourth-order valence-corrected chi connectivity index (χ4v) is 5.49. The maximum Gasteiger partial charge on any atom is 0.243 e. The van der Waals surface area contributed by atoms with Crippen LogP contribution in [0.2, 0.25) is 0 Å². The smallest absolute Gasteiger partial charge is 0.243 e. The predicted octanol–water partition coefficient (Wildman–Crippen LogP) is 4.40. The fraction of sp³-hybridized carbons (Fsp3) is 0.394. The third kappa shape index (κ3) is 6.90. The summed E-state index contributed by atoms with van der Waals surface area (Å²) in [5.41, 5.74) is 3.77. The minimum atomic E-state index is -0.666. The molecule has 3 atom stereocenters. The highest BCUT2D eigenvalue weighted by molar-refractivity contribution is 5.86. The molecule has 43 heavy (non-hydrogen) atoms. The third-order valence-corrected chi connectivity index (χ3v) is 7.89. The summed E-state index contributed by atoms with van der Waals surface area (Å²) in [6.07, 6.45) is 3.54. The Hall–Kier alpha value is -4.60. The molecular formula is C33H40N4O6. The zero-order valence-electron chi connectivity index (χ0n) is 25.6. The van der Waals surface area contributed by atoms with E-state index < -0.39 is 12.1 Å². The number of rotatable bonds is 11. The lowest BCUT2D eigenvalue weighted by molar-refractivity contribution is -0.123. The number of benzene rings is 1. The first kappa shape index (κ1) is 31.3. The van der Waals surface area contributed by atoms with Gasteiger partial charge >= 0.3 is 0 Å². The lowest BCUT2D eigenvalue weighted by Crippen LogP contribution is -2.44. The minimum absolute atomic E-state index is 0.0730. The molecule has 4 rings (SSSR count). The average molecular weight is 589 g/mol.